The van der Waals surface area contributed by atoms with Crippen molar-refractivity contribution in [2.75, 3.05) is 12.0 Å². The fourth-order valence-corrected chi connectivity index (χ4v) is 4.17. The van der Waals surface area contributed by atoms with Crippen LogP contribution in [0.25, 0.3) is 11.4 Å². The predicted octanol–water partition coefficient (Wildman–Crippen LogP) is 5.20. The third-order valence-electron chi connectivity index (χ3n) is 6.00. The van der Waals surface area contributed by atoms with Crippen molar-refractivity contribution in [2.45, 2.75) is 45.1 Å². The summed E-state index contributed by atoms with van der Waals surface area (Å²) < 4.78 is 60.6. The minimum absolute atomic E-state index is 0.0478. The van der Waals surface area contributed by atoms with E-state index in [9.17, 15) is 27.2 Å². The Morgan fingerprint density at radius 1 is 1.00 bits per heavy atom. The zero-order chi connectivity index (χ0) is 30.7. The quantitative estimate of drug-likeness (QED) is 0.286. The van der Waals surface area contributed by atoms with Gasteiger partial charge in [0.15, 0.2) is 0 Å². The number of alkyl halides is 3. The molecule has 1 heterocycles. The SMILES string of the molecule is COc1ccc(C(C(=O)NC(C)(C)C)N(C(=O)Cn2nnc(-c3ccccc3F)n2)c2cccc(C(F)(F)F)c2)cc1. The first-order chi connectivity index (χ1) is 19.8. The number of hydrogen-bond acceptors (Lipinski definition) is 6. The van der Waals surface area contributed by atoms with Gasteiger partial charge in [-0.2, -0.15) is 18.0 Å². The topological polar surface area (TPSA) is 102 Å². The van der Waals surface area contributed by atoms with Gasteiger partial charge in [-0.05, 0) is 74.0 Å². The maximum absolute atomic E-state index is 14.3. The van der Waals surface area contributed by atoms with E-state index in [2.05, 4.69) is 20.7 Å². The summed E-state index contributed by atoms with van der Waals surface area (Å²) in [6.07, 6.45) is -4.71. The minimum atomic E-state index is -4.71. The van der Waals surface area contributed by atoms with Gasteiger partial charge in [0.25, 0.3) is 5.91 Å². The number of hydrogen-bond donors (Lipinski definition) is 1. The number of rotatable bonds is 8. The molecule has 9 nitrogen and oxygen atoms in total. The number of ether oxygens (including phenoxy) is 1. The van der Waals surface area contributed by atoms with Gasteiger partial charge in [0.05, 0.1) is 18.2 Å². The zero-order valence-electron chi connectivity index (χ0n) is 23.2. The molecular weight excluding hydrogens is 556 g/mol. The maximum atomic E-state index is 14.3. The Balaban J connectivity index is 1.81. The number of anilines is 1. The first-order valence-corrected chi connectivity index (χ1v) is 12.7. The Kier molecular flexibility index (Phi) is 8.59. The van der Waals surface area contributed by atoms with E-state index in [0.717, 1.165) is 27.9 Å². The number of tetrazole rings is 1. The van der Waals surface area contributed by atoms with Gasteiger partial charge < -0.3 is 10.1 Å². The number of carbonyl (C=O) groups is 2. The van der Waals surface area contributed by atoms with Crippen LogP contribution in [0.1, 0.15) is 37.9 Å². The second-order valence-electron chi connectivity index (χ2n) is 10.4. The lowest BCUT2D eigenvalue weighted by molar-refractivity contribution is -0.137. The van der Waals surface area contributed by atoms with Gasteiger partial charge in [0.2, 0.25) is 11.7 Å². The summed E-state index contributed by atoms with van der Waals surface area (Å²) in [5, 5.41) is 14.5. The van der Waals surface area contributed by atoms with Crippen molar-refractivity contribution >= 4 is 17.5 Å². The molecule has 1 unspecified atom stereocenters. The lowest BCUT2D eigenvalue weighted by Gasteiger charge is -2.34. The van der Waals surface area contributed by atoms with Crippen LogP contribution in [0.4, 0.5) is 23.2 Å². The number of nitrogens with zero attached hydrogens (tertiary/aromatic N) is 5. The number of nitrogens with one attached hydrogen (secondary N) is 1. The van der Waals surface area contributed by atoms with Gasteiger partial charge in [0, 0.05) is 11.2 Å². The van der Waals surface area contributed by atoms with Crippen LogP contribution >= 0.6 is 0 Å². The maximum Gasteiger partial charge on any atom is 0.416 e. The fraction of sp³-hybridized carbons (Fsp3) is 0.276. The average molecular weight is 585 g/mol. The van der Waals surface area contributed by atoms with Crippen molar-refractivity contribution in [1.29, 1.82) is 0 Å². The van der Waals surface area contributed by atoms with Gasteiger partial charge >= 0.3 is 6.18 Å². The summed E-state index contributed by atoms with van der Waals surface area (Å²) in [7, 11) is 1.46. The van der Waals surface area contributed by atoms with Crippen LogP contribution in [0.2, 0.25) is 0 Å². The second kappa shape index (κ2) is 12.0. The molecule has 0 saturated carbocycles. The zero-order valence-corrected chi connectivity index (χ0v) is 23.2. The number of aromatic nitrogens is 4. The first kappa shape index (κ1) is 30.2. The molecule has 1 aromatic heterocycles. The van der Waals surface area contributed by atoms with Crippen LogP contribution < -0.4 is 15.0 Å². The fourth-order valence-electron chi connectivity index (χ4n) is 4.17. The molecule has 0 aliphatic rings. The van der Waals surface area contributed by atoms with E-state index in [1.54, 1.807) is 51.1 Å². The van der Waals surface area contributed by atoms with E-state index in [-0.39, 0.29) is 17.1 Å². The Morgan fingerprint density at radius 3 is 2.31 bits per heavy atom. The Hall–Kier alpha value is -4.81. The van der Waals surface area contributed by atoms with Crippen molar-refractivity contribution in [1.82, 2.24) is 25.5 Å². The van der Waals surface area contributed by atoms with E-state index >= 15 is 0 Å². The van der Waals surface area contributed by atoms with Crippen molar-refractivity contribution in [3.05, 3.63) is 89.7 Å². The van der Waals surface area contributed by atoms with Crippen LogP contribution in [-0.4, -0.2) is 44.7 Å². The molecule has 0 aliphatic carbocycles. The molecule has 220 valence electrons. The Bertz CT molecular complexity index is 1560. The second-order valence-corrected chi connectivity index (χ2v) is 10.4. The lowest BCUT2D eigenvalue weighted by atomic mass is 10.00. The summed E-state index contributed by atoms with van der Waals surface area (Å²) in [5.74, 6) is -1.69. The molecule has 4 aromatic rings. The molecule has 13 heteroatoms. The number of methoxy groups -OCH3 is 1. The van der Waals surface area contributed by atoms with E-state index in [1.807, 2.05) is 0 Å². The molecule has 1 atom stereocenters. The van der Waals surface area contributed by atoms with Gasteiger partial charge in [-0.3, -0.25) is 14.5 Å². The van der Waals surface area contributed by atoms with Gasteiger partial charge in [0.1, 0.15) is 24.2 Å². The molecule has 0 fully saturated rings. The number of amides is 2. The van der Waals surface area contributed by atoms with Crippen molar-refractivity contribution < 1.29 is 31.9 Å². The third-order valence-corrected chi connectivity index (χ3v) is 6.00. The first-order valence-electron chi connectivity index (χ1n) is 12.7. The molecule has 1 N–H and O–H groups in total. The van der Waals surface area contributed by atoms with Crippen molar-refractivity contribution in [3.63, 3.8) is 0 Å². The van der Waals surface area contributed by atoms with Gasteiger partial charge in [-0.25, -0.2) is 4.39 Å². The number of benzene rings is 3. The molecule has 42 heavy (non-hydrogen) atoms. The predicted molar refractivity (Wildman–Crippen MR) is 146 cm³/mol. The number of carbonyl (C=O) groups excluding carboxylic acids is 2. The van der Waals surface area contributed by atoms with Gasteiger partial charge in [-0.15, -0.1) is 10.2 Å². The van der Waals surface area contributed by atoms with Crippen LogP contribution in [0.5, 0.6) is 5.75 Å². The summed E-state index contributed by atoms with van der Waals surface area (Å²) >= 11 is 0. The molecule has 0 radical (unpaired) electrons. The molecule has 2 amide bonds. The summed E-state index contributed by atoms with van der Waals surface area (Å²) in [6.45, 7) is 4.58. The Labute approximate surface area is 239 Å². The van der Waals surface area contributed by atoms with Crippen molar-refractivity contribution in [3.8, 4) is 17.1 Å². The number of halogens is 4. The Morgan fingerprint density at radius 2 is 1.69 bits per heavy atom. The smallest absolute Gasteiger partial charge is 0.416 e. The van der Waals surface area contributed by atoms with Crippen molar-refractivity contribution in [2.24, 2.45) is 0 Å². The molecule has 0 bridgehead atoms. The molecule has 4 rings (SSSR count). The highest BCUT2D eigenvalue weighted by atomic mass is 19.4. The van der Waals surface area contributed by atoms with E-state index in [4.69, 9.17) is 4.74 Å². The molecular formula is C29H28F4N6O3. The van der Waals surface area contributed by atoms with E-state index in [1.165, 1.54) is 31.4 Å². The van der Waals surface area contributed by atoms with E-state index < -0.39 is 47.5 Å². The monoisotopic (exact) mass is 584 g/mol. The highest BCUT2D eigenvalue weighted by Crippen LogP contribution is 2.35. The van der Waals surface area contributed by atoms with E-state index in [0.29, 0.717) is 11.3 Å². The van der Waals surface area contributed by atoms with Crippen LogP contribution in [0.3, 0.4) is 0 Å². The molecule has 3 aromatic carbocycles. The third kappa shape index (κ3) is 7.09. The normalized spacial score (nSPS) is 12.5. The minimum Gasteiger partial charge on any atom is -0.497 e. The highest BCUT2D eigenvalue weighted by molar-refractivity contribution is 6.01. The molecule has 0 aliphatic heterocycles. The van der Waals surface area contributed by atoms with Crippen LogP contribution in [0.15, 0.2) is 72.8 Å². The van der Waals surface area contributed by atoms with Crippen LogP contribution in [-0.2, 0) is 22.3 Å². The van der Waals surface area contributed by atoms with Gasteiger partial charge in [-0.1, -0.05) is 30.3 Å². The summed E-state index contributed by atoms with van der Waals surface area (Å²) in [6, 6.07) is 14.6. The average Bonchev–Trinajstić information content (AvgIpc) is 3.38. The standard InChI is InChI=1S/C29H28F4N6O3/c1-28(2,3)34-27(41)25(18-12-14-21(42-4)15-13-18)39(20-9-7-8-19(16-20)29(31,32)33)24(40)17-38-36-26(35-37-38)22-10-5-6-11-23(22)30/h5-16,25H,17H2,1-4H3,(H,34,41). The largest absolute Gasteiger partial charge is 0.497 e. The molecule has 0 saturated heterocycles. The summed E-state index contributed by atoms with van der Waals surface area (Å²) in [5.41, 5.74) is -1.59. The lowest BCUT2D eigenvalue weighted by Crippen LogP contribution is -2.50. The molecule has 0 spiro atoms. The van der Waals surface area contributed by atoms with Crippen LogP contribution in [0, 0.1) is 5.82 Å². The summed E-state index contributed by atoms with van der Waals surface area (Å²) in [4.78, 5) is 29.5. The highest BCUT2D eigenvalue weighted by Gasteiger charge is 2.37.